The van der Waals surface area contributed by atoms with Crippen LogP contribution in [0.3, 0.4) is 0 Å². The number of amides is 2. The Bertz CT molecular complexity index is 403. The molecule has 0 spiro atoms. The molecule has 2 amide bonds. The summed E-state index contributed by atoms with van der Waals surface area (Å²) in [4.78, 5) is 20.4. The van der Waals surface area contributed by atoms with Gasteiger partial charge in [-0.2, -0.15) is 5.26 Å². The Balaban J connectivity index is 1.60. The van der Waals surface area contributed by atoms with E-state index >= 15 is 0 Å². The van der Waals surface area contributed by atoms with Gasteiger partial charge in [-0.1, -0.05) is 0 Å². The Morgan fingerprint density at radius 3 is 2.35 bits per heavy atom. The minimum absolute atomic E-state index is 0.0705. The van der Waals surface area contributed by atoms with Crippen molar-refractivity contribution in [3.05, 3.63) is 0 Å². The number of hydrogen-bond donors (Lipinski definition) is 2. The lowest BCUT2D eigenvalue weighted by molar-refractivity contribution is 0.115. The predicted molar refractivity (Wildman–Crippen MR) is 89.0 cm³/mol. The van der Waals surface area contributed by atoms with E-state index in [4.69, 9.17) is 11.0 Å². The first-order valence-electron chi connectivity index (χ1n) is 8.50. The van der Waals surface area contributed by atoms with E-state index in [0.717, 1.165) is 72.0 Å². The molecule has 0 saturated carbocycles. The van der Waals surface area contributed by atoms with E-state index < -0.39 is 0 Å². The van der Waals surface area contributed by atoms with Crippen LogP contribution < -0.4 is 11.1 Å². The van der Waals surface area contributed by atoms with Crippen molar-refractivity contribution in [3.63, 3.8) is 0 Å². The van der Waals surface area contributed by atoms with Crippen molar-refractivity contribution in [2.24, 2.45) is 5.73 Å². The first kappa shape index (κ1) is 17.9. The van der Waals surface area contributed by atoms with Crippen molar-refractivity contribution in [3.8, 4) is 6.07 Å². The third-order valence-corrected chi connectivity index (χ3v) is 4.57. The van der Waals surface area contributed by atoms with Gasteiger partial charge in [-0.15, -0.1) is 0 Å². The highest BCUT2D eigenvalue weighted by Gasteiger charge is 2.22. The molecule has 0 aliphatic carbocycles. The van der Waals surface area contributed by atoms with Crippen LogP contribution >= 0.6 is 0 Å². The standard InChI is InChI=1S/C15H29N7O/c16-1-4-19(5-2-17)7-8-20-9-11-21(12-10-20)13-14-22-6-3-18-15(22)23/h1,3-14,16H2,(H,18,23). The molecule has 0 aromatic heterocycles. The number of nitrogens with zero attached hydrogens (tertiary/aromatic N) is 5. The van der Waals surface area contributed by atoms with E-state index in [2.05, 4.69) is 26.1 Å². The Kier molecular flexibility index (Phi) is 7.55. The number of carbonyl (C=O) groups is 1. The number of urea groups is 1. The normalized spacial score (nSPS) is 20.0. The molecule has 2 rings (SSSR count). The molecule has 0 aromatic carbocycles. The molecule has 3 N–H and O–H groups in total. The minimum atomic E-state index is 0.0705. The minimum Gasteiger partial charge on any atom is -0.336 e. The fraction of sp³-hybridized carbons (Fsp3) is 0.867. The zero-order chi connectivity index (χ0) is 16.5. The molecule has 0 aromatic rings. The molecule has 0 unspecified atom stereocenters. The summed E-state index contributed by atoms with van der Waals surface area (Å²) in [7, 11) is 0. The average Bonchev–Trinajstić information content (AvgIpc) is 2.97. The maximum absolute atomic E-state index is 11.5. The van der Waals surface area contributed by atoms with Gasteiger partial charge in [-0.3, -0.25) is 14.7 Å². The molecule has 0 bridgehead atoms. The van der Waals surface area contributed by atoms with Gasteiger partial charge < -0.3 is 16.0 Å². The van der Waals surface area contributed by atoms with Crippen molar-refractivity contribution in [2.75, 3.05) is 85.1 Å². The van der Waals surface area contributed by atoms with E-state index in [1.807, 2.05) is 4.90 Å². The molecule has 2 aliphatic rings. The molecule has 0 radical (unpaired) electrons. The van der Waals surface area contributed by atoms with Crippen LogP contribution in [-0.4, -0.2) is 111 Å². The second-order valence-corrected chi connectivity index (χ2v) is 6.13. The van der Waals surface area contributed by atoms with Crippen molar-refractivity contribution in [2.45, 2.75) is 0 Å². The van der Waals surface area contributed by atoms with E-state index in [-0.39, 0.29) is 6.03 Å². The van der Waals surface area contributed by atoms with Gasteiger partial charge in [0.15, 0.2) is 0 Å². The molecule has 8 nitrogen and oxygen atoms in total. The number of nitrogens with two attached hydrogens (primary N) is 1. The Morgan fingerprint density at radius 1 is 1.09 bits per heavy atom. The summed E-state index contributed by atoms with van der Waals surface area (Å²) in [5.41, 5.74) is 5.58. The van der Waals surface area contributed by atoms with Gasteiger partial charge in [0, 0.05) is 78.5 Å². The number of piperazine rings is 1. The van der Waals surface area contributed by atoms with Gasteiger partial charge in [0.25, 0.3) is 0 Å². The number of hydrogen-bond acceptors (Lipinski definition) is 6. The van der Waals surface area contributed by atoms with Crippen molar-refractivity contribution >= 4 is 6.03 Å². The number of nitriles is 1. The van der Waals surface area contributed by atoms with Crippen molar-refractivity contribution in [1.82, 2.24) is 24.9 Å². The third-order valence-electron chi connectivity index (χ3n) is 4.57. The molecular weight excluding hydrogens is 294 g/mol. The smallest absolute Gasteiger partial charge is 0.317 e. The molecular formula is C15H29N7O. The second-order valence-electron chi connectivity index (χ2n) is 6.13. The maximum atomic E-state index is 11.5. The molecule has 0 atom stereocenters. The topological polar surface area (TPSA) is 91.9 Å². The Labute approximate surface area is 138 Å². The van der Waals surface area contributed by atoms with E-state index in [1.165, 1.54) is 0 Å². The number of rotatable bonds is 9. The van der Waals surface area contributed by atoms with Gasteiger partial charge in [0.1, 0.15) is 0 Å². The lowest BCUT2D eigenvalue weighted by Gasteiger charge is -2.36. The predicted octanol–water partition coefficient (Wildman–Crippen LogP) is -1.59. The number of nitrogens with one attached hydrogen (secondary N) is 1. The fourth-order valence-electron chi connectivity index (χ4n) is 3.06. The summed E-state index contributed by atoms with van der Waals surface area (Å²) in [6.45, 7) is 11.3. The second kappa shape index (κ2) is 9.67. The van der Waals surface area contributed by atoms with Crippen LogP contribution in [0.25, 0.3) is 0 Å². The Morgan fingerprint density at radius 2 is 1.78 bits per heavy atom. The van der Waals surface area contributed by atoms with E-state index in [9.17, 15) is 4.79 Å². The lowest BCUT2D eigenvalue weighted by Crippen LogP contribution is -2.50. The van der Waals surface area contributed by atoms with Crippen LogP contribution in [0, 0.1) is 11.3 Å². The quantitative estimate of drug-likeness (QED) is 0.497. The summed E-state index contributed by atoms with van der Waals surface area (Å²) >= 11 is 0. The highest BCUT2D eigenvalue weighted by molar-refractivity contribution is 5.76. The highest BCUT2D eigenvalue weighted by Crippen LogP contribution is 2.04. The SMILES string of the molecule is N#CCN(CCN)CCN1CCN(CCN2CCNC2=O)CC1. The van der Waals surface area contributed by atoms with Crippen LogP contribution in [0.4, 0.5) is 4.79 Å². The van der Waals surface area contributed by atoms with Gasteiger partial charge in [-0.25, -0.2) is 4.79 Å². The molecule has 8 heteroatoms. The molecule has 2 heterocycles. The summed E-state index contributed by atoms with van der Waals surface area (Å²) < 4.78 is 0. The van der Waals surface area contributed by atoms with Gasteiger partial charge >= 0.3 is 6.03 Å². The van der Waals surface area contributed by atoms with Crippen LogP contribution in [0.15, 0.2) is 0 Å². The Hall–Kier alpha value is -1.40. The monoisotopic (exact) mass is 323 g/mol. The first-order chi connectivity index (χ1) is 11.2. The van der Waals surface area contributed by atoms with Gasteiger partial charge in [0.2, 0.25) is 0 Å². The summed E-state index contributed by atoms with van der Waals surface area (Å²) in [6, 6.07) is 2.27. The molecule has 23 heavy (non-hydrogen) atoms. The lowest BCUT2D eigenvalue weighted by atomic mass is 10.3. The van der Waals surface area contributed by atoms with E-state index in [0.29, 0.717) is 13.1 Å². The van der Waals surface area contributed by atoms with E-state index in [1.54, 1.807) is 0 Å². The first-order valence-corrected chi connectivity index (χ1v) is 8.50. The van der Waals surface area contributed by atoms with Gasteiger partial charge in [0.05, 0.1) is 12.6 Å². The summed E-state index contributed by atoms with van der Waals surface area (Å²) in [5.74, 6) is 0. The molecule has 2 aliphatic heterocycles. The van der Waals surface area contributed by atoms with Crippen LogP contribution in [0.1, 0.15) is 0 Å². The largest absolute Gasteiger partial charge is 0.336 e. The van der Waals surface area contributed by atoms with Crippen LogP contribution in [-0.2, 0) is 0 Å². The average molecular weight is 323 g/mol. The molecule has 130 valence electrons. The third kappa shape index (κ3) is 5.95. The highest BCUT2D eigenvalue weighted by atomic mass is 16.2. The number of carbonyl (C=O) groups excluding carboxylic acids is 1. The summed E-state index contributed by atoms with van der Waals surface area (Å²) in [5, 5.41) is 11.7. The van der Waals surface area contributed by atoms with Crippen molar-refractivity contribution < 1.29 is 4.79 Å². The fourth-order valence-corrected chi connectivity index (χ4v) is 3.06. The van der Waals surface area contributed by atoms with Crippen LogP contribution in [0.5, 0.6) is 0 Å². The zero-order valence-electron chi connectivity index (χ0n) is 13.9. The maximum Gasteiger partial charge on any atom is 0.317 e. The van der Waals surface area contributed by atoms with Gasteiger partial charge in [-0.05, 0) is 0 Å². The molecule has 2 fully saturated rings. The summed E-state index contributed by atoms with van der Waals surface area (Å²) in [6.07, 6.45) is 0. The van der Waals surface area contributed by atoms with Crippen LogP contribution in [0.2, 0.25) is 0 Å². The van der Waals surface area contributed by atoms with Crippen molar-refractivity contribution in [1.29, 1.82) is 5.26 Å². The molecule has 2 saturated heterocycles. The zero-order valence-corrected chi connectivity index (χ0v) is 13.9.